The highest BCUT2D eigenvalue weighted by atomic mass is 35.5. The van der Waals surface area contributed by atoms with Crippen LogP contribution in [0.25, 0.3) is 0 Å². The van der Waals surface area contributed by atoms with Gasteiger partial charge < -0.3 is 4.74 Å². The highest BCUT2D eigenvalue weighted by Gasteiger charge is 2.35. The second kappa shape index (κ2) is 6.23. The second-order valence-electron chi connectivity index (χ2n) is 5.31. The Morgan fingerprint density at radius 3 is 3.06 bits per heavy atom. The van der Waals surface area contributed by atoms with E-state index in [9.17, 15) is 0 Å². The molecule has 2 rings (SSSR count). The predicted octanol–water partition coefficient (Wildman–Crippen LogP) is 2.89. The fourth-order valence-electron chi connectivity index (χ4n) is 3.00. The number of hydrogen-bond acceptors (Lipinski definition) is 2. The molecule has 0 N–H and O–H groups in total. The molecule has 1 saturated carbocycles. The van der Waals surface area contributed by atoms with Crippen LogP contribution in [0.1, 0.15) is 39.0 Å². The molecule has 2 nitrogen and oxygen atoms in total. The third-order valence-electron chi connectivity index (χ3n) is 4.11. The molecule has 0 spiro atoms. The molecule has 3 atom stereocenters. The summed E-state index contributed by atoms with van der Waals surface area (Å²) < 4.78 is 5.82. The van der Waals surface area contributed by atoms with Crippen LogP contribution in [0, 0.1) is 5.92 Å². The van der Waals surface area contributed by atoms with Crippen LogP contribution in [-0.4, -0.2) is 42.6 Å². The SMILES string of the molecule is CC(CCCl)CCN1CCOC2CCCC21. The van der Waals surface area contributed by atoms with Crippen molar-refractivity contribution in [2.75, 3.05) is 25.6 Å². The van der Waals surface area contributed by atoms with Crippen LogP contribution in [0.15, 0.2) is 0 Å². The van der Waals surface area contributed by atoms with Gasteiger partial charge in [-0.15, -0.1) is 11.6 Å². The summed E-state index contributed by atoms with van der Waals surface area (Å²) in [4.78, 5) is 2.66. The summed E-state index contributed by atoms with van der Waals surface area (Å²) in [5, 5.41) is 0. The Hall–Kier alpha value is 0.210. The highest BCUT2D eigenvalue weighted by Crippen LogP contribution is 2.30. The molecule has 2 aliphatic rings. The zero-order valence-electron chi connectivity index (χ0n) is 10.3. The largest absolute Gasteiger partial charge is 0.375 e. The average Bonchev–Trinajstić information content (AvgIpc) is 2.75. The summed E-state index contributed by atoms with van der Waals surface area (Å²) in [6, 6.07) is 0.719. The summed E-state index contributed by atoms with van der Waals surface area (Å²) in [5.74, 6) is 1.57. The molecule has 1 aliphatic carbocycles. The van der Waals surface area contributed by atoms with Gasteiger partial charge in [0.05, 0.1) is 12.7 Å². The van der Waals surface area contributed by atoms with Gasteiger partial charge in [0.25, 0.3) is 0 Å². The maximum atomic E-state index is 5.82. The number of nitrogens with zero attached hydrogens (tertiary/aromatic N) is 1. The van der Waals surface area contributed by atoms with Crippen LogP contribution < -0.4 is 0 Å². The fourth-order valence-corrected chi connectivity index (χ4v) is 3.37. The topological polar surface area (TPSA) is 12.5 Å². The molecule has 94 valence electrons. The molecule has 16 heavy (non-hydrogen) atoms. The van der Waals surface area contributed by atoms with Gasteiger partial charge in [0.1, 0.15) is 0 Å². The maximum Gasteiger partial charge on any atom is 0.0730 e. The maximum absolute atomic E-state index is 5.82. The number of rotatable bonds is 5. The molecule has 0 radical (unpaired) electrons. The number of morpholine rings is 1. The molecule has 3 unspecified atom stereocenters. The van der Waals surface area contributed by atoms with Gasteiger partial charge in [-0.2, -0.15) is 0 Å². The molecule has 0 bridgehead atoms. The minimum atomic E-state index is 0.539. The third-order valence-corrected chi connectivity index (χ3v) is 4.33. The van der Waals surface area contributed by atoms with Crippen molar-refractivity contribution in [2.24, 2.45) is 5.92 Å². The van der Waals surface area contributed by atoms with Crippen LogP contribution in [0.2, 0.25) is 0 Å². The molecule has 0 aromatic heterocycles. The van der Waals surface area contributed by atoms with Crippen LogP contribution >= 0.6 is 11.6 Å². The van der Waals surface area contributed by atoms with Crippen LogP contribution in [0.5, 0.6) is 0 Å². The summed E-state index contributed by atoms with van der Waals surface area (Å²) in [7, 11) is 0. The number of halogens is 1. The number of hydrogen-bond donors (Lipinski definition) is 0. The lowest BCUT2D eigenvalue weighted by Crippen LogP contribution is -2.48. The molecule has 0 aromatic rings. The normalized spacial score (nSPS) is 32.6. The highest BCUT2D eigenvalue weighted by molar-refractivity contribution is 6.17. The number of fused-ring (bicyclic) bond motifs is 1. The Labute approximate surface area is 104 Å². The number of alkyl halides is 1. The first-order valence-electron chi connectivity index (χ1n) is 6.73. The van der Waals surface area contributed by atoms with Gasteiger partial charge in [0.2, 0.25) is 0 Å². The molecular weight excluding hydrogens is 222 g/mol. The summed E-state index contributed by atoms with van der Waals surface area (Å²) in [5.41, 5.74) is 0. The lowest BCUT2D eigenvalue weighted by atomic mass is 10.0. The van der Waals surface area contributed by atoms with Crippen molar-refractivity contribution in [2.45, 2.75) is 51.2 Å². The molecule has 2 fully saturated rings. The lowest BCUT2D eigenvalue weighted by Gasteiger charge is -2.38. The van der Waals surface area contributed by atoms with E-state index in [0.29, 0.717) is 6.10 Å². The quantitative estimate of drug-likeness (QED) is 0.691. The van der Waals surface area contributed by atoms with Gasteiger partial charge >= 0.3 is 0 Å². The Balaban J connectivity index is 1.75. The smallest absolute Gasteiger partial charge is 0.0730 e. The van der Waals surface area contributed by atoms with Crippen molar-refractivity contribution in [3.63, 3.8) is 0 Å². The zero-order chi connectivity index (χ0) is 11.4. The molecule has 0 aromatic carbocycles. The van der Waals surface area contributed by atoms with E-state index in [1.54, 1.807) is 0 Å². The first-order valence-corrected chi connectivity index (χ1v) is 7.26. The first-order chi connectivity index (χ1) is 7.81. The molecular formula is C13H24ClNO. The molecule has 0 amide bonds. The van der Waals surface area contributed by atoms with Gasteiger partial charge in [-0.3, -0.25) is 4.90 Å². The van der Waals surface area contributed by atoms with Crippen molar-refractivity contribution in [1.29, 1.82) is 0 Å². The van der Waals surface area contributed by atoms with E-state index in [1.165, 1.54) is 32.2 Å². The monoisotopic (exact) mass is 245 g/mol. The summed E-state index contributed by atoms with van der Waals surface area (Å²) in [6.45, 7) is 5.62. The van der Waals surface area contributed by atoms with Crippen molar-refractivity contribution in [1.82, 2.24) is 4.90 Å². The van der Waals surface area contributed by atoms with Crippen molar-refractivity contribution in [3.8, 4) is 0 Å². The van der Waals surface area contributed by atoms with Crippen LogP contribution in [0.3, 0.4) is 0 Å². The third kappa shape index (κ3) is 3.12. The molecule has 1 saturated heterocycles. The standard InChI is InChI=1S/C13H24ClNO/c1-11(5-7-14)6-8-15-9-10-16-13-4-2-3-12(13)15/h11-13H,2-10H2,1H3. The van der Waals surface area contributed by atoms with Crippen molar-refractivity contribution < 1.29 is 4.74 Å². The van der Waals surface area contributed by atoms with Gasteiger partial charge in [0.15, 0.2) is 0 Å². The average molecular weight is 246 g/mol. The first kappa shape index (κ1) is 12.7. The van der Waals surface area contributed by atoms with Gasteiger partial charge in [-0.1, -0.05) is 6.92 Å². The second-order valence-corrected chi connectivity index (χ2v) is 5.69. The Kier molecular flexibility index (Phi) is 4.93. The van der Waals surface area contributed by atoms with Gasteiger partial charge in [-0.25, -0.2) is 0 Å². The molecule has 1 aliphatic heterocycles. The van der Waals surface area contributed by atoms with E-state index in [0.717, 1.165) is 37.4 Å². The molecule has 1 heterocycles. The van der Waals surface area contributed by atoms with Crippen molar-refractivity contribution in [3.05, 3.63) is 0 Å². The lowest BCUT2D eigenvalue weighted by molar-refractivity contribution is -0.0567. The van der Waals surface area contributed by atoms with Gasteiger partial charge in [-0.05, 0) is 44.6 Å². The van der Waals surface area contributed by atoms with E-state index in [2.05, 4.69) is 11.8 Å². The van der Waals surface area contributed by atoms with E-state index in [-0.39, 0.29) is 0 Å². The Morgan fingerprint density at radius 2 is 2.25 bits per heavy atom. The van der Waals surface area contributed by atoms with Gasteiger partial charge in [0, 0.05) is 18.5 Å². The van der Waals surface area contributed by atoms with E-state index in [4.69, 9.17) is 16.3 Å². The predicted molar refractivity (Wildman–Crippen MR) is 68.1 cm³/mol. The van der Waals surface area contributed by atoms with Crippen molar-refractivity contribution >= 4 is 11.6 Å². The minimum absolute atomic E-state index is 0.539. The summed E-state index contributed by atoms with van der Waals surface area (Å²) >= 11 is 5.77. The number of ether oxygens (including phenoxy) is 1. The van der Waals surface area contributed by atoms with Crippen LogP contribution in [-0.2, 0) is 4.74 Å². The zero-order valence-corrected chi connectivity index (χ0v) is 11.1. The van der Waals surface area contributed by atoms with Crippen LogP contribution in [0.4, 0.5) is 0 Å². The van der Waals surface area contributed by atoms with E-state index >= 15 is 0 Å². The summed E-state index contributed by atoms with van der Waals surface area (Å²) in [6.07, 6.45) is 6.95. The Bertz CT molecular complexity index is 212. The fraction of sp³-hybridized carbons (Fsp3) is 1.00. The minimum Gasteiger partial charge on any atom is -0.375 e. The van der Waals surface area contributed by atoms with E-state index in [1.807, 2.05) is 0 Å². The van der Waals surface area contributed by atoms with E-state index < -0.39 is 0 Å². The molecule has 3 heteroatoms. The Morgan fingerprint density at radius 1 is 1.38 bits per heavy atom.